The maximum Gasteiger partial charge on any atom is 0.238 e. The van der Waals surface area contributed by atoms with Crippen molar-refractivity contribution >= 4 is 17.2 Å². The number of nitrogens with one attached hydrogen (secondary N) is 1. The van der Waals surface area contributed by atoms with E-state index in [-0.39, 0.29) is 17.9 Å². The summed E-state index contributed by atoms with van der Waals surface area (Å²) in [5.41, 5.74) is 1.19. The molecular weight excluding hydrogens is 274 g/mol. The third kappa shape index (κ3) is 3.90. The van der Waals surface area contributed by atoms with Gasteiger partial charge in [-0.15, -0.1) is 10.2 Å². The first-order valence-corrected chi connectivity index (χ1v) is 7.64. The Kier molecular flexibility index (Phi) is 4.89. The molecule has 0 radical (unpaired) electrons. The minimum absolute atomic E-state index is 0.00648. The number of hydrogen-bond acceptors (Lipinski definition) is 5. The van der Waals surface area contributed by atoms with Crippen LogP contribution in [-0.2, 0) is 11.2 Å². The Bertz CT molecular complexity index is 549. The van der Waals surface area contributed by atoms with Crippen LogP contribution >= 0.6 is 11.3 Å². The van der Waals surface area contributed by atoms with Gasteiger partial charge in [-0.25, -0.2) is 0 Å². The second-order valence-electron chi connectivity index (χ2n) is 5.05. The number of carbonyl (C=O) groups excluding carboxylic acids is 1. The molecule has 0 unspecified atom stereocenters. The van der Waals surface area contributed by atoms with Gasteiger partial charge in [0.2, 0.25) is 17.7 Å². The van der Waals surface area contributed by atoms with Gasteiger partial charge in [0, 0.05) is 12.3 Å². The van der Waals surface area contributed by atoms with Crippen molar-refractivity contribution in [1.29, 1.82) is 0 Å². The second kappa shape index (κ2) is 6.65. The van der Waals surface area contributed by atoms with Crippen LogP contribution in [0.15, 0.2) is 21.2 Å². The molecule has 1 N–H and O–H groups in total. The van der Waals surface area contributed by atoms with Crippen molar-refractivity contribution in [3.63, 3.8) is 0 Å². The molecule has 0 fully saturated rings. The van der Waals surface area contributed by atoms with E-state index in [1.807, 2.05) is 32.2 Å². The average molecular weight is 293 g/mol. The molecule has 0 bridgehead atoms. The smallest absolute Gasteiger partial charge is 0.238 e. The number of carbonyl (C=O) groups is 1. The van der Waals surface area contributed by atoms with Gasteiger partial charge in [-0.2, -0.15) is 11.3 Å². The van der Waals surface area contributed by atoms with E-state index in [0.717, 1.165) is 6.42 Å². The molecule has 0 aromatic carbocycles. The van der Waals surface area contributed by atoms with E-state index in [4.69, 9.17) is 4.42 Å². The summed E-state index contributed by atoms with van der Waals surface area (Å²) >= 11 is 1.64. The first-order valence-electron chi connectivity index (χ1n) is 6.70. The molecule has 1 atom stereocenters. The first-order chi connectivity index (χ1) is 9.56. The van der Waals surface area contributed by atoms with Gasteiger partial charge in [-0.1, -0.05) is 13.8 Å². The predicted molar refractivity (Wildman–Crippen MR) is 77.6 cm³/mol. The lowest BCUT2D eigenvalue weighted by atomic mass is 10.2. The van der Waals surface area contributed by atoms with E-state index in [1.165, 1.54) is 5.56 Å². The molecule has 20 heavy (non-hydrogen) atoms. The number of aromatic nitrogens is 2. The largest absolute Gasteiger partial charge is 0.423 e. The number of amides is 1. The summed E-state index contributed by atoms with van der Waals surface area (Å²) in [7, 11) is 0. The van der Waals surface area contributed by atoms with Gasteiger partial charge in [0.05, 0.1) is 0 Å². The van der Waals surface area contributed by atoms with E-state index in [2.05, 4.69) is 20.9 Å². The fraction of sp³-hybridized carbons (Fsp3) is 0.500. The van der Waals surface area contributed by atoms with Crippen molar-refractivity contribution < 1.29 is 9.21 Å². The van der Waals surface area contributed by atoms with Crippen LogP contribution in [-0.4, -0.2) is 16.1 Å². The van der Waals surface area contributed by atoms with Crippen LogP contribution in [0.3, 0.4) is 0 Å². The van der Waals surface area contributed by atoms with Crippen molar-refractivity contribution in [2.75, 3.05) is 0 Å². The molecule has 5 nitrogen and oxygen atoms in total. The summed E-state index contributed by atoms with van der Waals surface area (Å²) in [5, 5.41) is 14.9. The molecule has 2 aromatic rings. The molecule has 2 aromatic heterocycles. The highest BCUT2D eigenvalue weighted by Crippen LogP contribution is 2.17. The molecule has 108 valence electrons. The van der Waals surface area contributed by atoms with Crippen molar-refractivity contribution in [3.8, 4) is 0 Å². The summed E-state index contributed by atoms with van der Waals surface area (Å²) in [6, 6.07) is 1.78. The van der Waals surface area contributed by atoms with Gasteiger partial charge in [-0.3, -0.25) is 4.79 Å². The minimum atomic E-state index is -0.259. The maximum absolute atomic E-state index is 11.9. The van der Waals surface area contributed by atoms with E-state index in [9.17, 15) is 4.79 Å². The molecule has 2 rings (SSSR count). The van der Waals surface area contributed by atoms with Gasteiger partial charge in [-0.05, 0) is 35.7 Å². The maximum atomic E-state index is 11.9. The highest BCUT2D eigenvalue weighted by molar-refractivity contribution is 7.07. The molecule has 2 heterocycles. The summed E-state index contributed by atoms with van der Waals surface area (Å²) in [4.78, 5) is 11.9. The summed E-state index contributed by atoms with van der Waals surface area (Å²) < 4.78 is 5.52. The van der Waals surface area contributed by atoms with Crippen LogP contribution in [0.1, 0.15) is 56.5 Å². The summed E-state index contributed by atoms with van der Waals surface area (Å²) in [5.74, 6) is 1.24. The number of nitrogens with zero attached hydrogens (tertiary/aromatic N) is 2. The van der Waals surface area contributed by atoms with Gasteiger partial charge in [0.15, 0.2) is 0 Å². The quantitative estimate of drug-likeness (QED) is 0.888. The molecule has 6 heteroatoms. The van der Waals surface area contributed by atoms with E-state index in [1.54, 1.807) is 11.3 Å². The zero-order valence-corrected chi connectivity index (χ0v) is 12.7. The lowest BCUT2D eigenvalue weighted by Crippen LogP contribution is -2.27. The Morgan fingerprint density at radius 3 is 2.70 bits per heavy atom. The lowest BCUT2D eigenvalue weighted by Gasteiger charge is -2.09. The summed E-state index contributed by atoms with van der Waals surface area (Å²) in [6.45, 7) is 5.82. The zero-order chi connectivity index (χ0) is 14.5. The molecular formula is C14H19N3O2S. The van der Waals surface area contributed by atoms with Crippen LogP contribution in [0.25, 0.3) is 0 Å². The highest BCUT2D eigenvalue weighted by Gasteiger charge is 2.17. The Morgan fingerprint density at radius 2 is 2.10 bits per heavy atom. The number of thiophene rings is 1. The number of aryl methyl sites for hydroxylation is 1. The molecule has 0 aliphatic heterocycles. The van der Waals surface area contributed by atoms with Crippen molar-refractivity contribution in [3.05, 3.63) is 34.2 Å². The predicted octanol–water partition coefficient (Wildman–Crippen LogP) is 3.06. The fourth-order valence-corrected chi connectivity index (χ4v) is 2.43. The molecule has 0 aliphatic carbocycles. The average Bonchev–Trinajstić information content (AvgIpc) is 3.07. The van der Waals surface area contributed by atoms with Crippen LogP contribution in [0.5, 0.6) is 0 Å². The number of hydrogen-bond donors (Lipinski definition) is 1. The number of rotatable bonds is 6. The Morgan fingerprint density at radius 1 is 1.35 bits per heavy atom. The van der Waals surface area contributed by atoms with Gasteiger partial charge < -0.3 is 9.73 Å². The Hall–Kier alpha value is -1.69. The SMILES string of the molecule is CC(C)c1nnc([C@H](C)NC(=O)CCc2ccsc2)o1. The normalized spacial score (nSPS) is 12.6. The second-order valence-corrected chi connectivity index (χ2v) is 5.83. The van der Waals surface area contributed by atoms with Crippen LogP contribution in [0, 0.1) is 0 Å². The minimum Gasteiger partial charge on any atom is -0.423 e. The Labute approximate surface area is 122 Å². The summed E-state index contributed by atoms with van der Waals surface area (Å²) in [6.07, 6.45) is 1.22. The van der Waals surface area contributed by atoms with Crippen molar-refractivity contribution in [2.24, 2.45) is 0 Å². The zero-order valence-electron chi connectivity index (χ0n) is 11.9. The van der Waals surface area contributed by atoms with E-state index >= 15 is 0 Å². The molecule has 0 aliphatic rings. The molecule has 1 amide bonds. The van der Waals surface area contributed by atoms with Gasteiger partial charge >= 0.3 is 0 Å². The third-order valence-electron chi connectivity index (χ3n) is 2.92. The molecule has 0 saturated heterocycles. The van der Waals surface area contributed by atoms with Crippen molar-refractivity contribution in [1.82, 2.24) is 15.5 Å². The standard InChI is InChI=1S/C14H19N3O2S/c1-9(2)13-16-17-14(19-13)10(3)15-12(18)5-4-11-6-7-20-8-11/h6-10H,4-5H2,1-3H3,(H,15,18)/t10-/m0/s1. The Balaban J connectivity index is 1.83. The van der Waals surface area contributed by atoms with Crippen LogP contribution < -0.4 is 5.32 Å². The molecule has 0 spiro atoms. The topological polar surface area (TPSA) is 68.0 Å². The van der Waals surface area contributed by atoms with Crippen molar-refractivity contribution in [2.45, 2.75) is 45.6 Å². The van der Waals surface area contributed by atoms with Crippen LogP contribution in [0.4, 0.5) is 0 Å². The molecule has 0 saturated carbocycles. The van der Waals surface area contributed by atoms with E-state index < -0.39 is 0 Å². The van der Waals surface area contributed by atoms with Gasteiger partial charge in [0.1, 0.15) is 6.04 Å². The first kappa shape index (κ1) is 14.7. The van der Waals surface area contributed by atoms with Gasteiger partial charge in [0.25, 0.3) is 0 Å². The fourth-order valence-electron chi connectivity index (χ4n) is 1.72. The third-order valence-corrected chi connectivity index (χ3v) is 3.65. The van der Waals surface area contributed by atoms with E-state index in [0.29, 0.717) is 18.2 Å². The van der Waals surface area contributed by atoms with Crippen LogP contribution in [0.2, 0.25) is 0 Å². The monoisotopic (exact) mass is 293 g/mol. The highest BCUT2D eigenvalue weighted by atomic mass is 32.1. The lowest BCUT2D eigenvalue weighted by molar-refractivity contribution is -0.121.